The fourth-order valence-corrected chi connectivity index (χ4v) is 3.30. The monoisotopic (exact) mass is 362 g/mol. The Bertz CT molecular complexity index is 622. The maximum absolute atomic E-state index is 12.7. The molecule has 1 aromatic rings. The molecular formula is C19H26N2O5. The van der Waals surface area contributed by atoms with Gasteiger partial charge >= 0.3 is 0 Å². The van der Waals surface area contributed by atoms with E-state index < -0.39 is 0 Å². The first-order chi connectivity index (χ1) is 12.7. The first kappa shape index (κ1) is 18.7. The van der Waals surface area contributed by atoms with Crippen molar-refractivity contribution < 1.29 is 23.8 Å². The lowest BCUT2D eigenvalue weighted by atomic mass is 10.1. The fraction of sp³-hybridized carbons (Fsp3) is 0.579. The van der Waals surface area contributed by atoms with Crippen molar-refractivity contribution >= 4 is 11.8 Å². The van der Waals surface area contributed by atoms with Crippen LogP contribution in [0.25, 0.3) is 0 Å². The number of para-hydroxylation sites is 1. The zero-order chi connectivity index (χ0) is 18.4. The molecule has 26 heavy (non-hydrogen) atoms. The largest absolute Gasteiger partial charge is 0.496 e. The summed E-state index contributed by atoms with van der Waals surface area (Å²) in [6.45, 7) is 3.37. The number of rotatable bonds is 6. The molecule has 0 radical (unpaired) electrons. The molecule has 0 saturated carbocycles. The van der Waals surface area contributed by atoms with E-state index in [9.17, 15) is 9.59 Å². The number of amides is 2. The van der Waals surface area contributed by atoms with E-state index in [1.165, 1.54) is 0 Å². The molecule has 1 aromatic carbocycles. The molecule has 142 valence electrons. The van der Waals surface area contributed by atoms with Gasteiger partial charge in [0.05, 0.1) is 25.4 Å². The highest BCUT2D eigenvalue weighted by Crippen LogP contribution is 2.20. The van der Waals surface area contributed by atoms with Gasteiger partial charge in [0.25, 0.3) is 5.91 Å². The molecular weight excluding hydrogens is 336 g/mol. The molecule has 2 aliphatic rings. The summed E-state index contributed by atoms with van der Waals surface area (Å²) < 4.78 is 16.2. The molecule has 2 aliphatic heterocycles. The van der Waals surface area contributed by atoms with Crippen LogP contribution < -0.4 is 4.74 Å². The van der Waals surface area contributed by atoms with Crippen molar-refractivity contribution in [1.29, 1.82) is 0 Å². The molecule has 0 bridgehead atoms. The minimum absolute atomic E-state index is 0.0348. The van der Waals surface area contributed by atoms with Crippen molar-refractivity contribution in [3.63, 3.8) is 0 Å². The topological polar surface area (TPSA) is 68.3 Å². The highest BCUT2D eigenvalue weighted by Gasteiger charge is 2.26. The number of methoxy groups -OCH3 is 1. The van der Waals surface area contributed by atoms with Gasteiger partial charge < -0.3 is 24.0 Å². The predicted molar refractivity (Wildman–Crippen MR) is 95.3 cm³/mol. The minimum Gasteiger partial charge on any atom is -0.496 e. The molecule has 2 saturated heterocycles. The number of ether oxygens (including phenoxy) is 3. The Balaban J connectivity index is 1.44. The summed E-state index contributed by atoms with van der Waals surface area (Å²) in [5.74, 6) is 0.468. The summed E-state index contributed by atoms with van der Waals surface area (Å²) in [6, 6.07) is 7.19. The zero-order valence-corrected chi connectivity index (χ0v) is 15.2. The van der Waals surface area contributed by atoms with Crippen LogP contribution in [0.1, 0.15) is 23.2 Å². The van der Waals surface area contributed by atoms with Crippen LogP contribution in [0.4, 0.5) is 0 Å². The molecule has 2 fully saturated rings. The lowest BCUT2D eigenvalue weighted by Gasteiger charge is -2.35. The van der Waals surface area contributed by atoms with E-state index in [0.717, 1.165) is 19.4 Å². The summed E-state index contributed by atoms with van der Waals surface area (Å²) in [7, 11) is 1.55. The average molecular weight is 362 g/mol. The van der Waals surface area contributed by atoms with Gasteiger partial charge in [-0.3, -0.25) is 9.59 Å². The number of hydrogen-bond acceptors (Lipinski definition) is 5. The van der Waals surface area contributed by atoms with Crippen LogP contribution >= 0.6 is 0 Å². The van der Waals surface area contributed by atoms with Gasteiger partial charge in [0, 0.05) is 32.8 Å². The molecule has 7 heteroatoms. The third-order valence-corrected chi connectivity index (χ3v) is 4.81. The van der Waals surface area contributed by atoms with Crippen LogP contribution in [-0.4, -0.2) is 80.8 Å². The standard InChI is InChI=1S/C19H26N2O5/c1-24-17-7-3-2-6-16(17)19(23)21-10-8-20(9-11-21)18(22)14-25-13-15-5-4-12-26-15/h2-3,6-7,15H,4-5,8-14H2,1H3. The van der Waals surface area contributed by atoms with Crippen LogP contribution in [0, 0.1) is 0 Å². The van der Waals surface area contributed by atoms with Crippen molar-refractivity contribution in [2.45, 2.75) is 18.9 Å². The van der Waals surface area contributed by atoms with Gasteiger partial charge in [-0.2, -0.15) is 0 Å². The first-order valence-corrected chi connectivity index (χ1v) is 9.08. The van der Waals surface area contributed by atoms with Crippen LogP contribution in [0.3, 0.4) is 0 Å². The third kappa shape index (κ3) is 4.53. The number of benzene rings is 1. The van der Waals surface area contributed by atoms with Crippen LogP contribution in [-0.2, 0) is 14.3 Å². The summed E-state index contributed by atoms with van der Waals surface area (Å²) in [5, 5.41) is 0. The number of piperazine rings is 1. The summed E-state index contributed by atoms with van der Waals surface area (Å²) in [6.07, 6.45) is 2.18. The number of carbonyl (C=O) groups excluding carboxylic acids is 2. The molecule has 0 spiro atoms. The average Bonchev–Trinajstić information content (AvgIpc) is 3.21. The molecule has 2 heterocycles. The molecule has 1 unspecified atom stereocenters. The van der Waals surface area contributed by atoms with Gasteiger partial charge in [-0.15, -0.1) is 0 Å². The summed E-state index contributed by atoms with van der Waals surface area (Å²) >= 11 is 0. The van der Waals surface area contributed by atoms with E-state index in [0.29, 0.717) is 44.1 Å². The van der Waals surface area contributed by atoms with E-state index in [2.05, 4.69) is 0 Å². The van der Waals surface area contributed by atoms with Gasteiger partial charge in [0.15, 0.2) is 0 Å². The van der Waals surface area contributed by atoms with Gasteiger partial charge in [0.2, 0.25) is 5.91 Å². The van der Waals surface area contributed by atoms with Gasteiger partial charge in [-0.05, 0) is 25.0 Å². The molecule has 0 N–H and O–H groups in total. The lowest BCUT2D eigenvalue weighted by molar-refractivity contribution is -0.138. The van der Waals surface area contributed by atoms with Gasteiger partial charge in [-0.25, -0.2) is 0 Å². The smallest absolute Gasteiger partial charge is 0.257 e. The van der Waals surface area contributed by atoms with Crippen LogP contribution in [0.5, 0.6) is 5.75 Å². The van der Waals surface area contributed by atoms with Crippen molar-refractivity contribution in [3.05, 3.63) is 29.8 Å². The molecule has 0 aliphatic carbocycles. The summed E-state index contributed by atoms with van der Waals surface area (Å²) in [5.41, 5.74) is 0.551. The Morgan fingerprint density at radius 1 is 1.15 bits per heavy atom. The Morgan fingerprint density at radius 2 is 1.88 bits per heavy atom. The molecule has 1 atom stereocenters. The predicted octanol–water partition coefficient (Wildman–Crippen LogP) is 1.18. The Kier molecular flexibility index (Phi) is 6.46. The Hall–Kier alpha value is -2.12. The van der Waals surface area contributed by atoms with Crippen molar-refractivity contribution in [3.8, 4) is 5.75 Å². The van der Waals surface area contributed by atoms with Gasteiger partial charge in [-0.1, -0.05) is 12.1 Å². The maximum Gasteiger partial charge on any atom is 0.257 e. The second-order valence-electron chi connectivity index (χ2n) is 6.52. The number of nitrogens with zero attached hydrogens (tertiary/aromatic N) is 2. The summed E-state index contributed by atoms with van der Waals surface area (Å²) in [4.78, 5) is 28.4. The van der Waals surface area contributed by atoms with E-state index in [1.54, 1.807) is 29.0 Å². The molecule has 3 rings (SSSR count). The van der Waals surface area contributed by atoms with E-state index >= 15 is 0 Å². The van der Waals surface area contributed by atoms with Crippen molar-refractivity contribution in [1.82, 2.24) is 9.80 Å². The van der Waals surface area contributed by atoms with Crippen LogP contribution in [0.15, 0.2) is 24.3 Å². The fourth-order valence-electron chi connectivity index (χ4n) is 3.30. The highest BCUT2D eigenvalue weighted by molar-refractivity contribution is 5.97. The van der Waals surface area contributed by atoms with Crippen molar-refractivity contribution in [2.75, 3.05) is 53.1 Å². The highest BCUT2D eigenvalue weighted by atomic mass is 16.5. The lowest BCUT2D eigenvalue weighted by Crippen LogP contribution is -2.51. The molecule has 0 aromatic heterocycles. The quantitative estimate of drug-likeness (QED) is 0.760. The van der Waals surface area contributed by atoms with Gasteiger partial charge in [0.1, 0.15) is 12.4 Å². The second-order valence-corrected chi connectivity index (χ2v) is 6.52. The minimum atomic E-state index is -0.0656. The maximum atomic E-state index is 12.7. The first-order valence-electron chi connectivity index (χ1n) is 9.08. The molecule has 7 nitrogen and oxygen atoms in total. The van der Waals surface area contributed by atoms with Crippen molar-refractivity contribution in [2.24, 2.45) is 0 Å². The Morgan fingerprint density at radius 3 is 2.58 bits per heavy atom. The Labute approximate surface area is 153 Å². The zero-order valence-electron chi connectivity index (χ0n) is 15.2. The van der Waals surface area contributed by atoms with E-state index in [4.69, 9.17) is 14.2 Å². The van der Waals surface area contributed by atoms with E-state index in [1.807, 2.05) is 12.1 Å². The van der Waals surface area contributed by atoms with E-state index in [-0.39, 0.29) is 24.5 Å². The normalized spacial score (nSPS) is 20.3. The SMILES string of the molecule is COc1ccccc1C(=O)N1CCN(C(=O)COCC2CCCO2)CC1. The third-order valence-electron chi connectivity index (χ3n) is 4.81. The molecule has 2 amide bonds. The van der Waals surface area contributed by atoms with Crippen LogP contribution in [0.2, 0.25) is 0 Å². The number of hydrogen-bond donors (Lipinski definition) is 0. The second kappa shape index (κ2) is 9.00. The number of carbonyl (C=O) groups is 2.